The van der Waals surface area contributed by atoms with Crippen molar-refractivity contribution in [1.29, 1.82) is 0 Å². The highest BCUT2D eigenvalue weighted by molar-refractivity contribution is 6.04. The van der Waals surface area contributed by atoms with Crippen molar-refractivity contribution in [3.05, 3.63) is 52.8 Å². The molecule has 144 valence electrons. The molecule has 0 amide bonds. The molecule has 1 aromatic carbocycles. The van der Waals surface area contributed by atoms with Gasteiger partial charge in [-0.05, 0) is 45.4 Å². The zero-order valence-electron chi connectivity index (χ0n) is 16.0. The summed E-state index contributed by atoms with van der Waals surface area (Å²) < 4.78 is 15.5. The molecule has 2 rings (SSSR count). The van der Waals surface area contributed by atoms with Crippen LogP contribution in [-0.4, -0.2) is 42.0 Å². The Kier molecular flexibility index (Phi) is 6.39. The summed E-state index contributed by atoms with van der Waals surface area (Å²) in [4.78, 5) is 39.6. The van der Waals surface area contributed by atoms with E-state index in [4.69, 9.17) is 14.2 Å². The number of aryl methyl sites for hydroxylation is 1. The number of carbonyl (C=O) groups is 3. The predicted octanol–water partition coefficient (Wildman–Crippen LogP) is 3.00. The maximum atomic E-state index is 12.7. The second kappa shape index (κ2) is 8.53. The molecule has 0 radical (unpaired) electrons. The Morgan fingerprint density at radius 2 is 1.63 bits per heavy atom. The van der Waals surface area contributed by atoms with Gasteiger partial charge in [-0.2, -0.15) is 0 Å². The number of H-pyrrole nitrogens is 1. The minimum atomic E-state index is -1.04. The Labute approximate surface area is 157 Å². The van der Waals surface area contributed by atoms with Gasteiger partial charge in [0.15, 0.2) is 12.2 Å². The Morgan fingerprint density at radius 3 is 2.22 bits per heavy atom. The van der Waals surface area contributed by atoms with Crippen molar-refractivity contribution in [1.82, 2.24) is 4.98 Å². The lowest BCUT2D eigenvalue weighted by atomic mass is 10.1. The van der Waals surface area contributed by atoms with Gasteiger partial charge in [-0.25, -0.2) is 9.59 Å². The Bertz CT molecular complexity index is 840. The molecule has 2 atom stereocenters. The number of Topliss-reactive ketones (excluding diaryl/α,β-unsaturated/α-hetero) is 1. The monoisotopic (exact) mass is 373 g/mol. The molecule has 0 fully saturated rings. The van der Waals surface area contributed by atoms with Crippen molar-refractivity contribution in [3.63, 3.8) is 0 Å². The molecule has 0 bridgehead atoms. The van der Waals surface area contributed by atoms with Crippen LogP contribution in [-0.2, 0) is 14.3 Å². The summed E-state index contributed by atoms with van der Waals surface area (Å²) in [6.45, 7) is 6.33. The van der Waals surface area contributed by atoms with Crippen LogP contribution in [0.15, 0.2) is 30.3 Å². The minimum Gasteiger partial charge on any atom is -0.479 e. The average Bonchev–Trinajstić information content (AvgIpc) is 2.95. The van der Waals surface area contributed by atoms with Gasteiger partial charge in [0.25, 0.3) is 0 Å². The van der Waals surface area contributed by atoms with Crippen LogP contribution < -0.4 is 4.74 Å². The first-order valence-electron chi connectivity index (χ1n) is 8.50. The van der Waals surface area contributed by atoms with Crippen LogP contribution in [0, 0.1) is 13.8 Å². The summed E-state index contributed by atoms with van der Waals surface area (Å²) >= 11 is 0. The largest absolute Gasteiger partial charge is 0.479 e. The fraction of sp³-hybridized carbons (Fsp3) is 0.350. The average molecular weight is 373 g/mol. The molecule has 0 aliphatic heterocycles. The van der Waals surface area contributed by atoms with Gasteiger partial charge in [0.2, 0.25) is 5.78 Å². The molecule has 7 nitrogen and oxygen atoms in total. The molecule has 27 heavy (non-hydrogen) atoms. The van der Waals surface area contributed by atoms with E-state index < -0.39 is 29.9 Å². The van der Waals surface area contributed by atoms with Crippen LogP contribution in [0.1, 0.15) is 46.0 Å². The number of benzene rings is 1. The Morgan fingerprint density at radius 1 is 1.00 bits per heavy atom. The lowest BCUT2D eigenvalue weighted by Crippen LogP contribution is -2.33. The lowest BCUT2D eigenvalue weighted by Gasteiger charge is -2.17. The van der Waals surface area contributed by atoms with E-state index in [9.17, 15) is 14.4 Å². The zero-order valence-corrected chi connectivity index (χ0v) is 16.0. The summed E-state index contributed by atoms with van der Waals surface area (Å²) in [6, 6.07) is 8.85. The van der Waals surface area contributed by atoms with Crippen LogP contribution in [0.4, 0.5) is 0 Å². The highest BCUT2D eigenvalue weighted by Crippen LogP contribution is 2.21. The van der Waals surface area contributed by atoms with E-state index in [1.807, 2.05) is 6.07 Å². The number of esters is 2. The van der Waals surface area contributed by atoms with E-state index in [1.165, 1.54) is 14.0 Å². The SMILES string of the molecule is COC(=O)c1c(C)[nH]c(C(=O)[C@@H](C)OC(=O)[C@H](C)Oc2ccccc2)c1C. The van der Waals surface area contributed by atoms with E-state index in [1.54, 1.807) is 45.0 Å². The molecule has 0 spiro atoms. The molecular formula is C20H23NO6. The van der Waals surface area contributed by atoms with Crippen molar-refractivity contribution < 1.29 is 28.6 Å². The maximum absolute atomic E-state index is 12.7. The van der Waals surface area contributed by atoms with Gasteiger partial charge >= 0.3 is 11.9 Å². The summed E-state index contributed by atoms with van der Waals surface area (Å²) in [5.74, 6) is -1.10. The number of hydrogen-bond donors (Lipinski definition) is 1. The summed E-state index contributed by atoms with van der Waals surface area (Å²) in [5, 5.41) is 0. The summed E-state index contributed by atoms with van der Waals surface area (Å²) in [7, 11) is 1.27. The first-order valence-corrected chi connectivity index (χ1v) is 8.50. The number of aromatic amines is 1. The Balaban J connectivity index is 2.07. The first kappa shape index (κ1) is 20.2. The number of para-hydroxylation sites is 1. The molecule has 0 aliphatic carbocycles. The lowest BCUT2D eigenvalue weighted by molar-refractivity contribution is -0.153. The number of carbonyl (C=O) groups excluding carboxylic acids is 3. The molecule has 0 aliphatic rings. The molecule has 0 unspecified atom stereocenters. The highest BCUT2D eigenvalue weighted by atomic mass is 16.6. The van der Waals surface area contributed by atoms with E-state index in [0.29, 0.717) is 22.6 Å². The van der Waals surface area contributed by atoms with Crippen molar-refractivity contribution in [2.45, 2.75) is 39.9 Å². The van der Waals surface area contributed by atoms with Crippen LogP contribution in [0.25, 0.3) is 0 Å². The van der Waals surface area contributed by atoms with Crippen molar-refractivity contribution in [2.24, 2.45) is 0 Å². The molecule has 7 heteroatoms. The number of methoxy groups -OCH3 is 1. The molecular weight excluding hydrogens is 350 g/mol. The van der Waals surface area contributed by atoms with Gasteiger partial charge in [0.05, 0.1) is 18.4 Å². The molecule has 0 saturated carbocycles. The fourth-order valence-electron chi connectivity index (χ4n) is 2.68. The topological polar surface area (TPSA) is 94.7 Å². The van der Waals surface area contributed by atoms with Gasteiger partial charge in [-0.15, -0.1) is 0 Å². The second-order valence-corrected chi connectivity index (χ2v) is 6.13. The highest BCUT2D eigenvalue weighted by Gasteiger charge is 2.29. The Hall–Kier alpha value is -3.09. The van der Waals surface area contributed by atoms with Gasteiger partial charge < -0.3 is 19.2 Å². The number of rotatable bonds is 7. The van der Waals surface area contributed by atoms with Gasteiger partial charge in [0.1, 0.15) is 5.75 Å². The van der Waals surface area contributed by atoms with Crippen molar-refractivity contribution in [2.75, 3.05) is 7.11 Å². The number of ether oxygens (including phenoxy) is 3. The molecule has 2 aromatic rings. The smallest absolute Gasteiger partial charge is 0.347 e. The standard InChI is InChI=1S/C20H23NO6/c1-11-16(20(24)25-5)12(2)21-17(11)18(22)13(3)27-19(23)14(4)26-15-9-7-6-8-10-15/h6-10,13-14,21H,1-5H3/t13-,14+/m1/s1. The van der Waals surface area contributed by atoms with Crippen LogP contribution >= 0.6 is 0 Å². The summed E-state index contributed by atoms with van der Waals surface area (Å²) in [6.07, 6.45) is -1.92. The van der Waals surface area contributed by atoms with Crippen LogP contribution in [0.3, 0.4) is 0 Å². The number of nitrogens with one attached hydrogen (secondary N) is 1. The third-order valence-corrected chi connectivity index (χ3v) is 4.12. The van der Waals surface area contributed by atoms with Gasteiger partial charge in [-0.1, -0.05) is 18.2 Å². The van der Waals surface area contributed by atoms with Crippen LogP contribution in [0.5, 0.6) is 5.75 Å². The summed E-state index contributed by atoms with van der Waals surface area (Å²) in [5.41, 5.74) is 1.49. The van der Waals surface area contributed by atoms with E-state index >= 15 is 0 Å². The molecule has 1 heterocycles. The fourth-order valence-corrected chi connectivity index (χ4v) is 2.68. The zero-order chi connectivity index (χ0) is 20.1. The number of ketones is 1. The second-order valence-electron chi connectivity index (χ2n) is 6.13. The third-order valence-electron chi connectivity index (χ3n) is 4.12. The molecule has 1 aromatic heterocycles. The predicted molar refractivity (Wildman–Crippen MR) is 98.0 cm³/mol. The van der Waals surface area contributed by atoms with Crippen molar-refractivity contribution in [3.8, 4) is 5.75 Å². The van der Waals surface area contributed by atoms with Crippen LogP contribution in [0.2, 0.25) is 0 Å². The van der Waals surface area contributed by atoms with E-state index in [0.717, 1.165) is 0 Å². The van der Waals surface area contributed by atoms with E-state index in [2.05, 4.69) is 4.98 Å². The number of aromatic nitrogens is 1. The maximum Gasteiger partial charge on any atom is 0.347 e. The normalized spacial score (nSPS) is 12.8. The van der Waals surface area contributed by atoms with Crippen molar-refractivity contribution >= 4 is 17.7 Å². The third kappa shape index (κ3) is 4.55. The molecule has 1 N–H and O–H groups in total. The quantitative estimate of drug-likeness (QED) is 0.592. The van der Waals surface area contributed by atoms with E-state index in [-0.39, 0.29) is 5.69 Å². The first-order chi connectivity index (χ1) is 12.8. The number of hydrogen-bond acceptors (Lipinski definition) is 6. The minimum absolute atomic E-state index is 0.213. The molecule has 0 saturated heterocycles. The van der Waals surface area contributed by atoms with Gasteiger partial charge in [0, 0.05) is 5.69 Å². The van der Waals surface area contributed by atoms with Gasteiger partial charge in [-0.3, -0.25) is 4.79 Å².